The van der Waals surface area contributed by atoms with Crippen molar-refractivity contribution >= 4 is 23.2 Å². The van der Waals surface area contributed by atoms with E-state index in [9.17, 15) is 18.3 Å². The third-order valence-corrected chi connectivity index (χ3v) is 6.17. The molecule has 2 aromatic carbocycles. The fourth-order valence-corrected chi connectivity index (χ4v) is 4.57. The SMILES string of the molecule is CC(O)(c1cc(C(F)(F)F)nn1-c1ccccc1Cl)N1CCCC1c1cccc(Cl)c1. The number of benzene rings is 2. The van der Waals surface area contributed by atoms with Crippen molar-refractivity contribution in [1.29, 1.82) is 0 Å². The minimum atomic E-state index is -4.67. The van der Waals surface area contributed by atoms with Gasteiger partial charge in [-0.05, 0) is 55.7 Å². The van der Waals surface area contributed by atoms with Crippen LogP contribution in [0.1, 0.15) is 42.8 Å². The van der Waals surface area contributed by atoms with Gasteiger partial charge in [-0.15, -0.1) is 0 Å². The van der Waals surface area contributed by atoms with Crippen molar-refractivity contribution in [2.75, 3.05) is 6.54 Å². The van der Waals surface area contributed by atoms with Gasteiger partial charge in [0.25, 0.3) is 0 Å². The smallest absolute Gasteiger partial charge is 0.370 e. The van der Waals surface area contributed by atoms with Crippen molar-refractivity contribution in [2.45, 2.75) is 37.7 Å². The third-order valence-electron chi connectivity index (χ3n) is 5.61. The number of rotatable bonds is 4. The molecule has 0 spiro atoms. The zero-order valence-corrected chi connectivity index (χ0v) is 18.1. The van der Waals surface area contributed by atoms with E-state index in [-0.39, 0.29) is 22.4 Å². The molecule has 1 aliphatic heterocycles. The standard InChI is InChI=1S/C22H20Cl2F3N3O/c1-21(31,29-11-5-10-17(29)14-6-4-7-15(23)12-14)20-13-19(22(25,26)27)28-30(20)18-9-3-2-8-16(18)24/h2-4,6-9,12-13,17,31H,5,10-11H2,1H3. The monoisotopic (exact) mass is 469 g/mol. The van der Waals surface area contributed by atoms with Crippen LogP contribution in [-0.2, 0) is 11.9 Å². The second-order valence-electron chi connectivity index (χ2n) is 7.70. The maximum Gasteiger partial charge on any atom is 0.435 e. The number of aliphatic hydroxyl groups is 1. The summed E-state index contributed by atoms with van der Waals surface area (Å²) >= 11 is 12.4. The number of para-hydroxylation sites is 1. The summed E-state index contributed by atoms with van der Waals surface area (Å²) in [5.74, 6) is 0. The van der Waals surface area contributed by atoms with Gasteiger partial charge in [0, 0.05) is 17.6 Å². The highest BCUT2D eigenvalue weighted by Crippen LogP contribution is 2.43. The van der Waals surface area contributed by atoms with E-state index < -0.39 is 17.6 Å². The molecule has 4 rings (SSSR count). The van der Waals surface area contributed by atoms with Gasteiger partial charge in [-0.25, -0.2) is 4.68 Å². The van der Waals surface area contributed by atoms with E-state index in [0.717, 1.165) is 29.2 Å². The van der Waals surface area contributed by atoms with Gasteiger partial charge >= 0.3 is 6.18 Å². The maximum absolute atomic E-state index is 13.5. The van der Waals surface area contributed by atoms with Crippen molar-refractivity contribution in [1.82, 2.24) is 14.7 Å². The molecule has 2 atom stereocenters. The van der Waals surface area contributed by atoms with Gasteiger partial charge in [-0.1, -0.05) is 47.5 Å². The first-order chi connectivity index (χ1) is 14.6. The number of hydrogen-bond acceptors (Lipinski definition) is 3. The van der Waals surface area contributed by atoms with Gasteiger partial charge in [0.1, 0.15) is 0 Å². The molecule has 2 unspecified atom stereocenters. The molecular formula is C22H20Cl2F3N3O. The topological polar surface area (TPSA) is 41.3 Å². The summed E-state index contributed by atoms with van der Waals surface area (Å²) in [7, 11) is 0. The zero-order valence-electron chi connectivity index (χ0n) is 16.6. The molecule has 0 amide bonds. The first kappa shape index (κ1) is 22.1. The van der Waals surface area contributed by atoms with Gasteiger partial charge in [0.15, 0.2) is 11.4 Å². The Kier molecular flexibility index (Phi) is 5.81. The molecule has 1 aromatic heterocycles. The van der Waals surface area contributed by atoms with Crippen LogP contribution in [0.25, 0.3) is 5.69 Å². The molecule has 0 aliphatic carbocycles. The molecule has 164 valence electrons. The Morgan fingerprint density at radius 3 is 2.48 bits per heavy atom. The Morgan fingerprint density at radius 1 is 1.06 bits per heavy atom. The average Bonchev–Trinajstić information content (AvgIpc) is 3.36. The Morgan fingerprint density at radius 2 is 1.81 bits per heavy atom. The molecule has 2 heterocycles. The minimum absolute atomic E-state index is 0.0122. The first-order valence-corrected chi connectivity index (χ1v) is 10.5. The van der Waals surface area contributed by atoms with Crippen LogP contribution in [0.15, 0.2) is 54.6 Å². The molecule has 31 heavy (non-hydrogen) atoms. The van der Waals surface area contributed by atoms with E-state index in [4.69, 9.17) is 23.2 Å². The highest BCUT2D eigenvalue weighted by atomic mass is 35.5. The Bertz CT molecular complexity index is 1100. The summed E-state index contributed by atoms with van der Waals surface area (Å²) < 4.78 is 41.7. The fraction of sp³-hybridized carbons (Fsp3) is 0.318. The van der Waals surface area contributed by atoms with Gasteiger partial charge in [0.05, 0.1) is 16.4 Å². The Balaban J connectivity index is 1.83. The third kappa shape index (κ3) is 4.20. The molecule has 1 fully saturated rings. The summed E-state index contributed by atoms with van der Waals surface area (Å²) in [6.07, 6.45) is -3.16. The van der Waals surface area contributed by atoms with E-state index in [0.29, 0.717) is 11.6 Å². The molecule has 0 saturated carbocycles. The van der Waals surface area contributed by atoms with Gasteiger partial charge in [-0.2, -0.15) is 18.3 Å². The van der Waals surface area contributed by atoms with Gasteiger partial charge < -0.3 is 5.11 Å². The first-order valence-electron chi connectivity index (χ1n) is 9.76. The van der Waals surface area contributed by atoms with Crippen LogP contribution in [-0.4, -0.2) is 26.3 Å². The quantitative estimate of drug-likeness (QED) is 0.494. The molecule has 0 radical (unpaired) electrons. The summed E-state index contributed by atoms with van der Waals surface area (Å²) in [6.45, 7) is 1.99. The van der Waals surface area contributed by atoms with Crippen molar-refractivity contribution < 1.29 is 18.3 Å². The molecule has 0 bridgehead atoms. The van der Waals surface area contributed by atoms with Crippen LogP contribution in [0, 0.1) is 0 Å². The molecule has 1 aliphatic rings. The van der Waals surface area contributed by atoms with Crippen LogP contribution in [0.2, 0.25) is 10.0 Å². The van der Waals surface area contributed by atoms with E-state index in [2.05, 4.69) is 5.10 Å². The number of nitrogens with zero attached hydrogens (tertiary/aromatic N) is 3. The van der Waals surface area contributed by atoms with Gasteiger partial charge in [-0.3, -0.25) is 4.90 Å². The second-order valence-corrected chi connectivity index (χ2v) is 8.55. The van der Waals surface area contributed by atoms with Crippen LogP contribution in [0.3, 0.4) is 0 Å². The minimum Gasteiger partial charge on any atom is -0.370 e. The predicted octanol–water partition coefficient (Wildman–Crippen LogP) is 6.20. The average molecular weight is 470 g/mol. The number of hydrogen-bond donors (Lipinski definition) is 1. The van der Waals surface area contributed by atoms with Crippen LogP contribution >= 0.6 is 23.2 Å². The van der Waals surface area contributed by atoms with E-state index in [1.807, 2.05) is 18.2 Å². The fourth-order valence-electron chi connectivity index (χ4n) is 4.16. The van der Waals surface area contributed by atoms with Crippen molar-refractivity contribution in [2.24, 2.45) is 0 Å². The van der Waals surface area contributed by atoms with Crippen molar-refractivity contribution in [3.05, 3.63) is 81.6 Å². The lowest BCUT2D eigenvalue weighted by atomic mass is 10.0. The number of likely N-dealkylation sites (tertiary alicyclic amines) is 1. The second kappa shape index (κ2) is 8.13. The Hall–Kier alpha value is -2.06. The van der Waals surface area contributed by atoms with Crippen LogP contribution < -0.4 is 0 Å². The summed E-state index contributed by atoms with van der Waals surface area (Å²) in [4.78, 5) is 1.78. The summed E-state index contributed by atoms with van der Waals surface area (Å²) in [5.41, 5.74) is -1.71. The molecular weight excluding hydrogens is 450 g/mol. The van der Waals surface area contributed by atoms with Crippen LogP contribution in [0.4, 0.5) is 13.2 Å². The normalized spacial score (nSPS) is 19.5. The van der Waals surface area contributed by atoms with E-state index in [1.165, 1.54) is 6.92 Å². The highest BCUT2D eigenvalue weighted by Gasteiger charge is 2.45. The highest BCUT2D eigenvalue weighted by molar-refractivity contribution is 6.32. The lowest BCUT2D eigenvalue weighted by Crippen LogP contribution is -2.44. The Labute approximate surface area is 187 Å². The molecule has 1 saturated heterocycles. The molecule has 9 heteroatoms. The maximum atomic E-state index is 13.5. The van der Waals surface area contributed by atoms with Crippen LogP contribution in [0.5, 0.6) is 0 Å². The lowest BCUT2D eigenvalue weighted by molar-refractivity contribution is -0.141. The predicted molar refractivity (Wildman–Crippen MR) is 113 cm³/mol. The van der Waals surface area contributed by atoms with E-state index in [1.54, 1.807) is 35.2 Å². The largest absolute Gasteiger partial charge is 0.435 e. The van der Waals surface area contributed by atoms with Crippen molar-refractivity contribution in [3.63, 3.8) is 0 Å². The number of aromatic nitrogens is 2. The van der Waals surface area contributed by atoms with E-state index >= 15 is 0 Å². The summed E-state index contributed by atoms with van der Waals surface area (Å²) in [5, 5.41) is 16.2. The van der Waals surface area contributed by atoms with Crippen molar-refractivity contribution in [3.8, 4) is 5.69 Å². The number of alkyl halides is 3. The zero-order chi connectivity index (χ0) is 22.4. The summed E-state index contributed by atoms with van der Waals surface area (Å²) in [6, 6.07) is 14.4. The lowest BCUT2D eigenvalue weighted by Gasteiger charge is -2.38. The van der Waals surface area contributed by atoms with Gasteiger partial charge in [0.2, 0.25) is 0 Å². The molecule has 3 aromatic rings. The molecule has 1 N–H and O–H groups in total. The molecule has 4 nitrogen and oxygen atoms in total. The number of halogens is 5.